The summed E-state index contributed by atoms with van der Waals surface area (Å²) in [5.74, 6) is -0.724. The third kappa shape index (κ3) is 5.22. The van der Waals surface area contributed by atoms with Crippen LogP contribution in [0, 0.1) is 0 Å². The molecule has 1 fully saturated rings. The lowest BCUT2D eigenvalue weighted by atomic mass is 9.99. The average Bonchev–Trinajstić information content (AvgIpc) is 3.42. The van der Waals surface area contributed by atoms with Crippen molar-refractivity contribution < 1.29 is 19.4 Å². The molecule has 0 radical (unpaired) electrons. The van der Waals surface area contributed by atoms with Gasteiger partial charge in [-0.15, -0.1) is 11.3 Å². The Balaban J connectivity index is 1.95. The quantitative estimate of drug-likeness (QED) is 0.302. The second-order valence-electron chi connectivity index (χ2n) is 7.76. The Morgan fingerprint density at radius 2 is 1.94 bits per heavy atom. The topological polar surface area (TPSA) is 70.1 Å². The summed E-state index contributed by atoms with van der Waals surface area (Å²) in [6.07, 6.45) is 1.63. The number of amides is 1. The normalized spacial score (nSPS) is 18.0. The Labute approximate surface area is 194 Å². The molecule has 1 aliphatic rings. The maximum Gasteiger partial charge on any atom is 0.295 e. The standard InChI is InChI=1S/C25H32N2O4S/c1-4-15-31-19-11-7-10-18(17-19)23(28)21-22(20-12-8-16-32-20)27(25(30)24(21)29)14-9-13-26(5-2)6-3/h7-8,10-12,16-17,22,28H,4-6,9,13-15H2,1-3H3/b23-21+. The van der Waals surface area contributed by atoms with Crippen molar-refractivity contribution in [2.24, 2.45) is 0 Å². The zero-order valence-corrected chi connectivity index (χ0v) is 19.9. The Bertz CT molecular complexity index is 951. The van der Waals surface area contributed by atoms with E-state index in [0.717, 1.165) is 37.4 Å². The Morgan fingerprint density at radius 1 is 1.16 bits per heavy atom. The van der Waals surface area contributed by atoms with Gasteiger partial charge in [0.25, 0.3) is 11.7 Å². The van der Waals surface area contributed by atoms with Gasteiger partial charge in [-0.25, -0.2) is 0 Å². The molecule has 1 unspecified atom stereocenters. The molecular formula is C25H32N2O4S. The van der Waals surface area contributed by atoms with E-state index in [-0.39, 0.29) is 11.3 Å². The predicted molar refractivity (Wildman–Crippen MR) is 128 cm³/mol. The molecule has 0 aliphatic carbocycles. The fourth-order valence-corrected chi connectivity index (χ4v) is 4.81. The van der Waals surface area contributed by atoms with Gasteiger partial charge in [-0.2, -0.15) is 0 Å². The predicted octanol–water partition coefficient (Wildman–Crippen LogP) is 4.69. The van der Waals surface area contributed by atoms with E-state index in [0.29, 0.717) is 24.5 Å². The van der Waals surface area contributed by atoms with Gasteiger partial charge >= 0.3 is 0 Å². The molecule has 2 heterocycles. The first kappa shape index (κ1) is 24.0. The lowest BCUT2D eigenvalue weighted by molar-refractivity contribution is -0.139. The van der Waals surface area contributed by atoms with Gasteiger partial charge in [0.05, 0.1) is 18.2 Å². The number of aliphatic hydroxyl groups is 1. The molecule has 1 aliphatic heterocycles. The van der Waals surface area contributed by atoms with Gasteiger partial charge in [0.15, 0.2) is 0 Å². The number of aliphatic hydroxyl groups excluding tert-OH is 1. The van der Waals surface area contributed by atoms with E-state index in [1.165, 1.54) is 11.3 Å². The zero-order chi connectivity index (χ0) is 23.1. The van der Waals surface area contributed by atoms with E-state index in [1.807, 2.05) is 30.5 Å². The number of hydrogen-bond donors (Lipinski definition) is 1. The van der Waals surface area contributed by atoms with Crippen LogP contribution >= 0.6 is 11.3 Å². The number of likely N-dealkylation sites (tertiary alicyclic amines) is 1. The van der Waals surface area contributed by atoms with Crippen LogP contribution in [-0.4, -0.2) is 59.4 Å². The molecular weight excluding hydrogens is 424 g/mol. The van der Waals surface area contributed by atoms with Gasteiger partial charge in [-0.05, 0) is 56.1 Å². The number of carbonyl (C=O) groups is 2. The van der Waals surface area contributed by atoms with Crippen LogP contribution in [0.2, 0.25) is 0 Å². The van der Waals surface area contributed by atoms with Crippen molar-refractivity contribution >= 4 is 28.8 Å². The van der Waals surface area contributed by atoms with Gasteiger partial charge in [0.2, 0.25) is 0 Å². The fraction of sp³-hybridized carbons (Fsp3) is 0.440. The highest BCUT2D eigenvalue weighted by Gasteiger charge is 2.46. The number of ether oxygens (including phenoxy) is 1. The molecule has 0 spiro atoms. The van der Waals surface area contributed by atoms with Gasteiger partial charge in [-0.1, -0.05) is 39.0 Å². The van der Waals surface area contributed by atoms with Gasteiger partial charge in [-0.3, -0.25) is 9.59 Å². The SMILES string of the molecule is CCCOc1cccc(/C(O)=C2\C(=O)C(=O)N(CCCN(CC)CC)C2c2cccs2)c1. The average molecular weight is 457 g/mol. The molecule has 1 atom stereocenters. The van der Waals surface area contributed by atoms with Crippen molar-refractivity contribution in [3.05, 3.63) is 57.8 Å². The first-order valence-electron chi connectivity index (χ1n) is 11.3. The molecule has 6 nitrogen and oxygen atoms in total. The van der Waals surface area contributed by atoms with E-state index in [2.05, 4.69) is 18.7 Å². The number of benzene rings is 1. The van der Waals surface area contributed by atoms with E-state index in [1.54, 1.807) is 23.1 Å². The van der Waals surface area contributed by atoms with Crippen LogP contribution in [0.1, 0.15) is 50.1 Å². The van der Waals surface area contributed by atoms with Crippen molar-refractivity contribution in [3.8, 4) is 5.75 Å². The molecule has 172 valence electrons. The molecule has 1 saturated heterocycles. The number of Topliss-reactive ketones (excluding diaryl/α,β-unsaturated/α-hetero) is 1. The maximum atomic E-state index is 13.1. The van der Waals surface area contributed by atoms with Crippen molar-refractivity contribution in [2.45, 2.75) is 39.7 Å². The maximum absolute atomic E-state index is 13.1. The summed E-state index contributed by atoms with van der Waals surface area (Å²) < 4.78 is 5.67. The Hall–Kier alpha value is -2.64. The van der Waals surface area contributed by atoms with Gasteiger partial charge in [0, 0.05) is 17.0 Å². The highest BCUT2D eigenvalue weighted by molar-refractivity contribution is 7.10. The molecule has 1 amide bonds. The van der Waals surface area contributed by atoms with Crippen molar-refractivity contribution in [3.63, 3.8) is 0 Å². The summed E-state index contributed by atoms with van der Waals surface area (Å²) in [6.45, 7) is 10.0. The van der Waals surface area contributed by atoms with E-state index < -0.39 is 17.7 Å². The third-order valence-corrected chi connectivity index (χ3v) is 6.63. The second-order valence-corrected chi connectivity index (χ2v) is 8.74. The van der Waals surface area contributed by atoms with Crippen LogP contribution < -0.4 is 4.74 Å². The number of rotatable bonds is 11. The lowest BCUT2D eigenvalue weighted by Crippen LogP contribution is -2.33. The highest BCUT2D eigenvalue weighted by atomic mass is 32.1. The first-order valence-corrected chi connectivity index (χ1v) is 12.2. The summed E-state index contributed by atoms with van der Waals surface area (Å²) >= 11 is 1.48. The minimum absolute atomic E-state index is 0.146. The number of carbonyl (C=O) groups excluding carboxylic acids is 2. The van der Waals surface area contributed by atoms with Crippen LogP contribution in [0.15, 0.2) is 47.4 Å². The Morgan fingerprint density at radius 3 is 2.59 bits per heavy atom. The van der Waals surface area contributed by atoms with Gasteiger partial charge in [0.1, 0.15) is 11.5 Å². The van der Waals surface area contributed by atoms with Gasteiger partial charge < -0.3 is 19.6 Å². The molecule has 2 aromatic rings. The molecule has 7 heteroatoms. The molecule has 0 saturated carbocycles. The summed E-state index contributed by atoms with van der Waals surface area (Å²) in [5.41, 5.74) is 0.620. The summed E-state index contributed by atoms with van der Waals surface area (Å²) in [7, 11) is 0. The smallest absolute Gasteiger partial charge is 0.295 e. The van der Waals surface area contributed by atoms with Crippen molar-refractivity contribution in [1.29, 1.82) is 0 Å². The second kappa shape index (κ2) is 11.3. The monoisotopic (exact) mass is 456 g/mol. The van der Waals surface area contributed by atoms with E-state index in [9.17, 15) is 14.7 Å². The summed E-state index contributed by atoms with van der Waals surface area (Å²) in [5, 5.41) is 13.1. The highest BCUT2D eigenvalue weighted by Crippen LogP contribution is 2.41. The largest absolute Gasteiger partial charge is 0.507 e. The van der Waals surface area contributed by atoms with Crippen LogP contribution in [-0.2, 0) is 9.59 Å². The zero-order valence-electron chi connectivity index (χ0n) is 19.0. The van der Waals surface area contributed by atoms with E-state index >= 15 is 0 Å². The van der Waals surface area contributed by atoms with Crippen molar-refractivity contribution in [1.82, 2.24) is 9.80 Å². The molecule has 1 N–H and O–H groups in total. The minimum atomic E-state index is -0.636. The number of ketones is 1. The number of thiophene rings is 1. The molecule has 32 heavy (non-hydrogen) atoms. The van der Waals surface area contributed by atoms with Crippen LogP contribution in [0.25, 0.3) is 5.76 Å². The number of hydrogen-bond acceptors (Lipinski definition) is 6. The Kier molecular flexibility index (Phi) is 8.47. The molecule has 1 aromatic heterocycles. The van der Waals surface area contributed by atoms with Crippen LogP contribution in [0.5, 0.6) is 5.75 Å². The fourth-order valence-electron chi connectivity index (χ4n) is 3.97. The third-order valence-electron chi connectivity index (χ3n) is 5.70. The van der Waals surface area contributed by atoms with Crippen molar-refractivity contribution in [2.75, 3.05) is 32.8 Å². The molecule has 0 bridgehead atoms. The molecule has 3 rings (SSSR count). The first-order chi connectivity index (χ1) is 15.5. The van der Waals surface area contributed by atoms with E-state index in [4.69, 9.17) is 4.74 Å². The lowest BCUT2D eigenvalue weighted by Gasteiger charge is -2.25. The van der Waals surface area contributed by atoms with Crippen LogP contribution in [0.4, 0.5) is 0 Å². The molecule has 1 aromatic carbocycles. The summed E-state index contributed by atoms with van der Waals surface area (Å²) in [4.78, 5) is 30.8. The summed E-state index contributed by atoms with van der Waals surface area (Å²) in [6, 6.07) is 10.3. The minimum Gasteiger partial charge on any atom is -0.507 e. The number of nitrogens with zero attached hydrogens (tertiary/aromatic N) is 2. The van der Waals surface area contributed by atoms with Crippen LogP contribution in [0.3, 0.4) is 0 Å².